The smallest absolute Gasteiger partial charge is 0.306 e. The fourth-order valence-corrected chi connectivity index (χ4v) is 4.47. The Morgan fingerprint density at radius 2 is 2.00 bits per heavy atom. The van der Waals surface area contributed by atoms with Gasteiger partial charge in [0.25, 0.3) is 0 Å². The van der Waals surface area contributed by atoms with Crippen LogP contribution in [0.4, 0.5) is 5.82 Å². The number of carboxylic acid groups (broad SMARTS) is 1. The zero-order valence-corrected chi connectivity index (χ0v) is 23.5. The molecule has 1 fully saturated rings. The summed E-state index contributed by atoms with van der Waals surface area (Å²) in [7, 11) is 0. The lowest BCUT2D eigenvalue weighted by molar-refractivity contribution is -0.142. The van der Waals surface area contributed by atoms with Crippen LogP contribution in [-0.4, -0.2) is 32.3 Å². The van der Waals surface area contributed by atoms with Gasteiger partial charge in [-0.2, -0.15) is 5.10 Å². The van der Waals surface area contributed by atoms with Crippen molar-refractivity contribution in [1.29, 1.82) is 0 Å². The van der Waals surface area contributed by atoms with E-state index in [0.717, 1.165) is 42.7 Å². The van der Waals surface area contributed by atoms with Crippen molar-refractivity contribution < 1.29 is 9.90 Å². The van der Waals surface area contributed by atoms with Crippen LogP contribution in [0.25, 0.3) is 0 Å². The number of hydrogen-bond acceptors (Lipinski definition) is 5. The van der Waals surface area contributed by atoms with Gasteiger partial charge in [-0.3, -0.25) is 9.79 Å². The van der Waals surface area contributed by atoms with Crippen LogP contribution in [0.3, 0.4) is 0 Å². The zero-order valence-electron chi connectivity index (χ0n) is 21.9. The summed E-state index contributed by atoms with van der Waals surface area (Å²) >= 11 is 3.54. The molecule has 0 saturated heterocycles. The summed E-state index contributed by atoms with van der Waals surface area (Å²) < 4.78 is 2.41. The van der Waals surface area contributed by atoms with E-state index in [-0.39, 0.29) is 24.4 Å². The van der Waals surface area contributed by atoms with E-state index in [1.807, 2.05) is 39.1 Å². The maximum Gasteiger partial charge on any atom is 0.306 e. The number of carbonyl (C=O) groups is 1. The lowest BCUT2D eigenvalue weighted by Gasteiger charge is -2.18. The Bertz CT molecular complexity index is 945. The fraction of sp³-hybridized carbons (Fsp3) is 0.556. The third kappa shape index (κ3) is 9.33. The largest absolute Gasteiger partial charge is 0.481 e. The van der Waals surface area contributed by atoms with Crippen LogP contribution in [0.1, 0.15) is 84.6 Å². The first-order valence-electron chi connectivity index (χ1n) is 12.6. The van der Waals surface area contributed by atoms with Gasteiger partial charge in [-0.15, -0.1) is 0 Å². The minimum Gasteiger partial charge on any atom is -0.481 e. The maximum atomic E-state index is 11.5. The highest BCUT2D eigenvalue weighted by Gasteiger charge is 2.27. The summed E-state index contributed by atoms with van der Waals surface area (Å²) in [6, 6.07) is 0. The highest BCUT2D eigenvalue weighted by Crippen LogP contribution is 2.34. The van der Waals surface area contributed by atoms with Crippen molar-refractivity contribution >= 4 is 39.1 Å². The number of allylic oxidation sites excluding steroid dienone is 4. The average molecular weight is 549 g/mol. The van der Waals surface area contributed by atoms with Gasteiger partial charge in [0.05, 0.1) is 24.5 Å². The number of nitrogens with two attached hydrogens (primary N) is 1. The van der Waals surface area contributed by atoms with Gasteiger partial charge in [0.15, 0.2) is 5.82 Å². The molecule has 194 valence electrons. The highest BCUT2D eigenvalue weighted by atomic mass is 79.9. The minimum absolute atomic E-state index is 0.0572. The Morgan fingerprint density at radius 1 is 1.34 bits per heavy atom. The second-order valence-electron chi connectivity index (χ2n) is 8.35. The molecule has 1 unspecified atom stereocenters. The third-order valence-corrected chi connectivity index (χ3v) is 6.45. The molecular formula is C27H42BrN5O2. The molecule has 7 nitrogen and oxygen atoms in total. The molecule has 0 bridgehead atoms. The minimum atomic E-state index is -0.708. The molecular weight excluding hydrogens is 506 g/mol. The third-order valence-electron chi connectivity index (χ3n) is 6.04. The normalized spacial score (nSPS) is 20.4. The lowest BCUT2D eigenvalue weighted by atomic mass is 9.93. The molecule has 1 aliphatic rings. The number of carboxylic acids is 1. The predicted octanol–water partition coefficient (Wildman–Crippen LogP) is 7.13. The van der Waals surface area contributed by atoms with Crippen LogP contribution >= 0.6 is 15.9 Å². The number of aliphatic imine (C=N–C) groups is 2. The van der Waals surface area contributed by atoms with E-state index in [2.05, 4.69) is 52.5 Å². The second-order valence-corrected chi connectivity index (χ2v) is 9.31. The van der Waals surface area contributed by atoms with Gasteiger partial charge >= 0.3 is 5.97 Å². The molecule has 1 aromatic heterocycles. The number of aliphatic carboxylic acids is 1. The van der Waals surface area contributed by atoms with Gasteiger partial charge in [0, 0.05) is 33.8 Å². The fourth-order valence-electron chi connectivity index (χ4n) is 4.06. The van der Waals surface area contributed by atoms with Crippen LogP contribution in [0, 0.1) is 11.8 Å². The summed E-state index contributed by atoms with van der Waals surface area (Å²) in [5, 5.41) is 13.9. The van der Waals surface area contributed by atoms with E-state index in [4.69, 9.17) is 10.7 Å². The molecule has 3 N–H and O–H groups in total. The molecule has 1 aliphatic carbocycles. The van der Waals surface area contributed by atoms with Crippen LogP contribution < -0.4 is 5.73 Å². The van der Waals surface area contributed by atoms with Gasteiger partial charge in [0.1, 0.15) is 0 Å². The monoisotopic (exact) mass is 547 g/mol. The van der Waals surface area contributed by atoms with E-state index >= 15 is 0 Å². The molecule has 0 spiro atoms. The number of nitrogens with zero attached hydrogens (tertiary/aromatic N) is 4. The van der Waals surface area contributed by atoms with Crippen molar-refractivity contribution in [3.05, 3.63) is 47.2 Å². The van der Waals surface area contributed by atoms with Crippen LogP contribution in [0.5, 0.6) is 0 Å². The number of hydrogen-bond donors (Lipinski definition) is 2. The summed E-state index contributed by atoms with van der Waals surface area (Å²) in [5.74, 6) is -0.0809. The molecule has 1 saturated carbocycles. The van der Waals surface area contributed by atoms with E-state index in [1.165, 1.54) is 0 Å². The highest BCUT2D eigenvalue weighted by molar-refractivity contribution is 9.12. The Labute approximate surface area is 219 Å². The van der Waals surface area contributed by atoms with Crippen molar-refractivity contribution in [1.82, 2.24) is 9.78 Å². The molecule has 1 aromatic rings. The number of aromatic nitrogens is 2. The molecule has 35 heavy (non-hydrogen) atoms. The van der Waals surface area contributed by atoms with Crippen LogP contribution in [0.15, 0.2) is 51.7 Å². The lowest BCUT2D eigenvalue weighted by Crippen LogP contribution is -2.16. The van der Waals surface area contributed by atoms with Gasteiger partial charge < -0.3 is 10.8 Å². The van der Waals surface area contributed by atoms with Crippen molar-refractivity contribution in [3.8, 4) is 0 Å². The van der Waals surface area contributed by atoms with Gasteiger partial charge in [-0.25, -0.2) is 9.67 Å². The quantitative estimate of drug-likeness (QED) is 0.240. The Balaban J connectivity index is 0.00000298. The molecule has 2 rings (SSSR count). The Kier molecular flexibility index (Phi) is 14.4. The Morgan fingerprint density at radius 3 is 2.57 bits per heavy atom. The SMILES string of the molecule is C=C(Br)/C(=N\c1c(C(C)\C=C/C(CC)=N\C=C/C)cnn1CN)[C@@H]1CCC[C@@H](C(=O)O)CC1.CC. The van der Waals surface area contributed by atoms with Gasteiger partial charge in [-0.05, 0) is 61.0 Å². The summed E-state index contributed by atoms with van der Waals surface area (Å²) in [4.78, 5) is 20.9. The molecule has 0 radical (unpaired) electrons. The van der Waals surface area contributed by atoms with E-state index in [1.54, 1.807) is 10.9 Å². The molecule has 8 heteroatoms. The first kappa shape index (κ1) is 30.7. The first-order chi connectivity index (χ1) is 16.8. The van der Waals surface area contributed by atoms with E-state index in [9.17, 15) is 9.90 Å². The van der Waals surface area contributed by atoms with E-state index in [0.29, 0.717) is 23.1 Å². The molecule has 0 amide bonds. The summed E-state index contributed by atoms with van der Waals surface area (Å²) in [6.45, 7) is 14.4. The van der Waals surface area contributed by atoms with E-state index < -0.39 is 5.97 Å². The standard InChI is InChI=1S/C25H36BrN5O2.C2H6/c1-5-14-28-21(6-2)13-10-17(3)22-15-29-31(16-27)24(22)30-23(18(4)26)19-8-7-9-20(12-11-19)25(32)33;1-2/h5,10,13-15,17,19-20H,4,6-9,11-12,16,27H2,1-3H3,(H,32,33);1-2H3/b13-10-,14-5-,28-21-,30-23+;/t17?,19-,20-;/m1./s1. The van der Waals surface area contributed by atoms with Gasteiger partial charge in [-0.1, -0.05) is 52.8 Å². The van der Waals surface area contributed by atoms with Crippen molar-refractivity contribution in [2.75, 3.05) is 0 Å². The van der Waals surface area contributed by atoms with Gasteiger partial charge in [0.2, 0.25) is 0 Å². The first-order valence-corrected chi connectivity index (χ1v) is 13.4. The van der Waals surface area contributed by atoms with Crippen molar-refractivity contribution in [2.45, 2.75) is 85.7 Å². The van der Waals surface area contributed by atoms with Crippen LogP contribution in [-0.2, 0) is 11.5 Å². The maximum absolute atomic E-state index is 11.5. The molecule has 0 aliphatic heterocycles. The Hall–Kier alpha value is -2.32. The molecule has 1 heterocycles. The summed E-state index contributed by atoms with van der Waals surface area (Å²) in [5.41, 5.74) is 8.77. The second kappa shape index (κ2) is 16.4. The number of rotatable bonds is 10. The average Bonchev–Trinajstić information content (AvgIpc) is 3.10. The van der Waals surface area contributed by atoms with Crippen LogP contribution in [0.2, 0.25) is 0 Å². The molecule has 0 aromatic carbocycles. The predicted molar refractivity (Wildman–Crippen MR) is 151 cm³/mol. The van der Waals surface area contributed by atoms with Crippen molar-refractivity contribution in [2.24, 2.45) is 27.6 Å². The summed E-state index contributed by atoms with van der Waals surface area (Å²) in [6.07, 6.45) is 14.4. The zero-order chi connectivity index (χ0) is 26.4. The van der Waals surface area contributed by atoms with Crippen molar-refractivity contribution in [3.63, 3.8) is 0 Å². The number of halogens is 1. The topological polar surface area (TPSA) is 106 Å². The molecule has 3 atom stereocenters.